The van der Waals surface area contributed by atoms with Gasteiger partial charge in [-0.3, -0.25) is 4.79 Å². The fourth-order valence-corrected chi connectivity index (χ4v) is 12.1. The summed E-state index contributed by atoms with van der Waals surface area (Å²) in [7, 11) is 0. The molecule has 0 radical (unpaired) electrons. The highest BCUT2D eigenvalue weighted by Crippen LogP contribution is 2.34. The Morgan fingerprint density at radius 1 is 0.266 bits per heavy atom. The lowest BCUT2D eigenvalue weighted by molar-refractivity contribution is -0.144. The Morgan fingerprint density at radius 3 is 0.734 bits per heavy atom. The van der Waals surface area contributed by atoms with Crippen molar-refractivity contribution in [1.82, 2.24) is 0 Å². The molecule has 0 saturated carbocycles. The smallest absolute Gasteiger partial charge is 0.306 e. The molecular weight excluding hydrogens is 1570 g/mol. The van der Waals surface area contributed by atoms with Crippen LogP contribution < -0.4 is 0 Å². The zero-order valence-electron chi connectivity index (χ0n) is 79.7. The monoisotopic (exact) mass is 1720 g/mol. The van der Waals surface area contributed by atoms with Crippen LogP contribution in [0.25, 0.3) is 0 Å². The summed E-state index contributed by atoms with van der Waals surface area (Å²) in [5.74, 6) is -0.176. The standard InChI is InChI=1S/C31H48O6.C31H46O5.C24H32O6.C19H32O2/c1-30(2,3)28-19-27(20-29(21-28)31(4,5)6)24-37-18-16-35-14-12-33-11-13-34-15-17-36-23-26-9-7-25(22-32)8-10-26;1-8-33-15-16-34-17-18-35-22-24-9-11-25(12-10-24)23-36-29(32)14-13-26-19-27(30(2,3)4)21-28(20-26)31(5,6)7;1-2-22-4-3-21(1)17-27-13-9-25-11-15-29-19-23-5-7-24(8-6-23)20-30-16-12-26-10-14-28-18-22;1-8-20-9-10-21-14-15-11-16(18(2,3)4)13-17(12-15)19(5,6)7/h7-10,19-21,32H,11-18,22-24H2,1-6H3;9-12,19-21H,8,13-18,22-23H2,1-7H3;1-8H,9-20H2;11-13H,8-10,14H2,1-7H3. The van der Waals surface area contributed by atoms with Gasteiger partial charge in [0.15, 0.2) is 0 Å². The molecule has 19 nitrogen and oxygen atoms in total. The molecule has 124 heavy (non-hydrogen) atoms. The van der Waals surface area contributed by atoms with E-state index in [0.29, 0.717) is 218 Å². The van der Waals surface area contributed by atoms with Gasteiger partial charge in [-0.1, -0.05) is 276 Å². The summed E-state index contributed by atoms with van der Waals surface area (Å²) in [5.41, 5.74) is 20.9. The van der Waals surface area contributed by atoms with Gasteiger partial charge < -0.3 is 85.6 Å². The van der Waals surface area contributed by atoms with Crippen molar-refractivity contribution >= 4 is 5.97 Å². The van der Waals surface area contributed by atoms with Crippen molar-refractivity contribution in [3.05, 3.63) is 246 Å². The van der Waals surface area contributed by atoms with Crippen LogP contribution in [0.15, 0.2) is 152 Å². The molecule has 4 bridgehead atoms. The molecule has 7 aromatic carbocycles. The highest BCUT2D eigenvalue weighted by Gasteiger charge is 2.24. The maximum Gasteiger partial charge on any atom is 0.306 e. The first-order valence-electron chi connectivity index (χ1n) is 44.9. The molecular formula is C105H158O19. The van der Waals surface area contributed by atoms with E-state index in [1.807, 2.05) is 62.4 Å². The second kappa shape index (κ2) is 59.4. The lowest BCUT2D eigenvalue weighted by atomic mass is 9.79. The number of aliphatic hydroxyl groups excluding tert-OH is 1. The Labute approximate surface area is 747 Å². The van der Waals surface area contributed by atoms with E-state index >= 15 is 0 Å². The van der Waals surface area contributed by atoms with Crippen molar-refractivity contribution in [2.24, 2.45) is 0 Å². The minimum absolute atomic E-state index is 0.0592. The Hall–Kier alpha value is -6.67. The van der Waals surface area contributed by atoms with Crippen molar-refractivity contribution < 1.29 is 90.4 Å². The number of carbonyl (C=O) groups excluding carboxylic acids is 1. The summed E-state index contributed by atoms with van der Waals surface area (Å²) in [6, 6.07) is 52.7. The van der Waals surface area contributed by atoms with Gasteiger partial charge in [0.05, 0.1) is 205 Å². The van der Waals surface area contributed by atoms with Crippen LogP contribution in [-0.4, -0.2) is 170 Å². The van der Waals surface area contributed by atoms with Gasteiger partial charge in [-0.15, -0.1) is 0 Å². The van der Waals surface area contributed by atoms with E-state index in [-0.39, 0.29) is 51.7 Å². The largest absolute Gasteiger partial charge is 0.461 e. The van der Waals surface area contributed by atoms with E-state index in [2.05, 4.69) is 228 Å². The number of rotatable bonds is 37. The molecule has 0 spiro atoms. The van der Waals surface area contributed by atoms with Crippen molar-refractivity contribution in [2.75, 3.05) is 159 Å². The molecule has 0 aromatic heterocycles. The molecule has 0 fully saturated rings. The average Bonchev–Trinajstić information content (AvgIpc) is 0.817. The van der Waals surface area contributed by atoms with Crippen LogP contribution in [0.3, 0.4) is 0 Å². The van der Waals surface area contributed by atoms with E-state index < -0.39 is 0 Å². The summed E-state index contributed by atoms with van der Waals surface area (Å²) < 4.78 is 94.8. The van der Waals surface area contributed by atoms with Gasteiger partial charge in [0.1, 0.15) is 6.61 Å². The number of carbonyl (C=O) groups is 1. The van der Waals surface area contributed by atoms with Crippen LogP contribution >= 0.6 is 0 Å². The van der Waals surface area contributed by atoms with Gasteiger partial charge in [-0.05, 0) is 147 Å². The topological polar surface area (TPSA) is 194 Å². The summed E-state index contributed by atoms with van der Waals surface area (Å²) in [6.45, 7) is 63.2. The maximum atomic E-state index is 12.4. The van der Waals surface area contributed by atoms with E-state index in [9.17, 15) is 4.79 Å². The second-order valence-corrected chi connectivity index (χ2v) is 37.3. The predicted molar refractivity (Wildman–Crippen MR) is 496 cm³/mol. The maximum absolute atomic E-state index is 12.4. The second-order valence-electron chi connectivity index (χ2n) is 37.3. The molecule has 0 saturated heterocycles. The van der Waals surface area contributed by atoms with Crippen LogP contribution in [0.4, 0.5) is 0 Å². The molecule has 1 N–H and O–H groups in total. The van der Waals surface area contributed by atoms with Crippen molar-refractivity contribution in [1.29, 1.82) is 0 Å². The summed E-state index contributed by atoms with van der Waals surface area (Å²) >= 11 is 0. The minimum atomic E-state index is -0.176. The van der Waals surface area contributed by atoms with Crippen molar-refractivity contribution in [3.63, 3.8) is 0 Å². The molecule has 7 aromatic rings. The fraction of sp³-hybridized carbons (Fsp3) is 0.590. The van der Waals surface area contributed by atoms with Gasteiger partial charge in [-0.2, -0.15) is 0 Å². The fourth-order valence-electron chi connectivity index (χ4n) is 12.1. The third-order valence-corrected chi connectivity index (χ3v) is 20.1. The molecule has 0 aliphatic carbocycles. The molecule has 19 heteroatoms. The number of hydrogen-bond donors (Lipinski definition) is 1. The molecule has 4 heterocycles. The van der Waals surface area contributed by atoms with Crippen LogP contribution in [0.2, 0.25) is 0 Å². The number of hydrogen-bond acceptors (Lipinski definition) is 19. The van der Waals surface area contributed by atoms with E-state index in [1.54, 1.807) is 0 Å². The van der Waals surface area contributed by atoms with Crippen molar-refractivity contribution in [3.8, 4) is 0 Å². The van der Waals surface area contributed by atoms with Crippen molar-refractivity contribution in [2.45, 2.75) is 250 Å². The highest BCUT2D eigenvalue weighted by atomic mass is 16.6. The zero-order chi connectivity index (χ0) is 90.5. The molecule has 692 valence electrons. The van der Waals surface area contributed by atoms with E-state index in [4.69, 9.17) is 85.6 Å². The van der Waals surface area contributed by atoms with Crippen LogP contribution in [0.1, 0.15) is 239 Å². The summed E-state index contributed by atoms with van der Waals surface area (Å²) in [4.78, 5) is 12.4. The van der Waals surface area contributed by atoms with Gasteiger partial charge in [0, 0.05) is 19.6 Å². The van der Waals surface area contributed by atoms with E-state index in [0.717, 1.165) is 51.1 Å². The van der Waals surface area contributed by atoms with Gasteiger partial charge in [-0.25, -0.2) is 0 Å². The third kappa shape index (κ3) is 48.5. The molecule has 0 amide bonds. The van der Waals surface area contributed by atoms with Gasteiger partial charge >= 0.3 is 5.97 Å². The number of aryl methyl sites for hydroxylation is 1. The first-order valence-corrected chi connectivity index (χ1v) is 44.9. The lowest BCUT2D eigenvalue weighted by Crippen LogP contribution is -2.17. The lowest BCUT2D eigenvalue weighted by Gasteiger charge is -2.26. The quantitative estimate of drug-likeness (QED) is 0.0285. The molecule has 0 atom stereocenters. The van der Waals surface area contributed by atoms with Crippen LogP contribution in [0.5, 0.6) is 0 Å². The predicted octanol–water partition coefficient (Wildman–Crippen LogP) is 20.4. The molecule has 4 aliphatic heterocycles. The van der Waals surface area contributed by atoms with Crippen LogP contribution in [-0.2, 0) is 190 Å². The Morgan fingerprint density at radius 2 is 0.484 bits per heavy atom. The number of aliphatic hydroxyl groups is 1. The van der Waals surface area contributed by atoms with Crippen LogP contribution in [0, 0.1) is 0 Å². The minimum Gasteiger partial charge on any atom is -0.461 e. The number of benzene rings is 7. The van der Waals surface area contributed by atoms with Gasteiger partial charge in [0.25, 0.3) is 0 Å². The molecule has 11 rings (SSSR count). The Bertz CT molecular complexity index is 3710. The van der Waals surface area contributed by atoms with E-state index in [1.165, 1.54) is 50.1 Å². The highest BCUT2D eigenvalue weighted by molar-refractivity contribution is 5.69. The number of esters is 1. The molecule has 0 unspecified atom stereocenters. The average molecular weight is 1720 g/mol. The number of ether oxygens (including phenoxy) is 17. The zero-order valence-corrected chi connectivity index (χ0v) is 79.7. The van der Waals surface area contributed by atoms with Gasteiger partial charge in [0.2, 0.25) is 0 Å². The Kier molecular flexibility index (Phi) is 51.7. The SMILES string of the molecule is CC(C)(C)c1cc(COCCOCCOCCOCCOCc2ccc(CO)cc2)cc(C(C)(C)C)c1.CCOCCOCCOCc1ccc(COC(=O)CCc2cc(C(C)(C)C)cc(C(C)(C)C)c2)cc1.CCOCCOCc1cc(C(C)(C)C)cc(C(C)(C)C)c1.c1cc2ccc1COCCOCCOCc1ccc(cc1)COCCOCCOC2. The Balaban J connectivity index is 0.000000299. The first kappa shape index (κ1) is 108. The molecule has 4 aliphatic rings. The summed E-state index contributed by atoms with van der Waals surface area (Å²) in [5, 5.41) is 9.05. The normalized spacial score (nSPS) is 13.9. The first-order chi connectivity index (χ1) is 59.1. The summed E-state index contributed by atoms with van der Waals surface area (Å²) in [6.07, 6.45) is 1.05. The third-order valence-electron chi connectivity index (χ3n) is 20.1.